The van der Waals surface area contributed by atoms with Gasteiger partial charge in [-0.05, 0) is 65.2 Å². The predicted octanol–water partition coefficient (Wildman–Crippen LogP) is 4.10. The number of methoxy groups -OCH3 is 1. The molecule has 6 heteroatoms. The first kappa shape index (κ1) is 21.8. The van der Waals surface area contributed by atoms with Gasteiger partial charge in [0, 0.05) is 29.4 Å². The number of nitrogens with zero attached hydrogens (tertiary/aromatic N) is 2. The molecular weight excluding hydrogens is 380 g/mol. The van der Waals surface area contributed by atoms with Crippen LogP contribution >= 0.6 is 0 Å². The Hall–Kier alpha value is -2.89. The minimum absolute atomic E-state index is 0.0757. The lowest BCUT2D eigenvalue weighted by atomic mass is 9.99. The van der Waals surface area contributed by atoms with Gasteiger partial charge in [0.1, 0.15) is 5.69 Å². The molecule has 2 aromatic rings. The van der Waals surface area contributed by atoms with Crippen LogP contribution in [-0.2, 0) is 11.3 Å². The molecule has 0 aliphatic heterocycles. The van der Waals surface area contributed by atoms with Crippen molar-refractivity contribution in [2.24, 2.45) is 0 Å². The largest absolute Gasteiger partial charge is 0.464 e. The number of hydrogen-bond acceptors (Lipinski definition) is 4. The van der Waals surface area contributed by atoms with Crippen LogP contribution in [0.4, 0.5) is 0 Å². The maximum atomic E-state index is 13.6. The average Bonchev–Trinajstić information content (AvgIpc) is 3.52. The fourth-order valence-corrected chi connectivity index (χ4v) is 4.20. The molecule has 1 amide bonds. The zero-order valence-corrected chi connectivity index (χ0v) is 18.6. The molecule has 6 nitrogen and oxygen atoms in total. The molecule has 1 atom stereocenters. The first-order valence-electron chi connectivity index (χ1n) is 10.4. The molecule has 1 fully saturated rings. The normalized spacial score (nSPS) is 14.3. The molecule has 1 heterocycles. The van der Waals surface area contributed by atoms with Gasteiger partial charge in [0.2, 0.25) is 0 Å². The van der Waals surface area contributed by atoms with E-state index in [1.54, 1.807) is 18.7 Å². The number of aryl methyl sites for hydroxylation is 1. The molecule has 1 unspecified atom stereocenters. The molecule has 0 N–H and O–H groups in total. The van der Waals surface area contributed by atoms with Crippen molar-refractivity contribution in [1.82, 2.24) is 9.47 Å². The quantitative estimate of drug-likeness (QED) is 0.509. The molecule has 30 heavy (non-hydrogen) atoms. The predicted molar refractivity (Wildman–Crippen MR) is 115 cm³/mol. The Morgan fingerprint density at radius 2 is 1.73 bits per heavy atom. The lowest BCUT2D eigenvalue weighted by Gasteiger charge is -2.29. The molecule has 1 saturated carbocycles. The number of carbonyl (C=O) groups excluding carboxylic acids is 3. The molecule has 0 spiro atoms. The van der Waals surface area contributed by atoms with E-state index in [4.69, 9.17) is 4.74 Å². The topological polar surface area (TPSA) is 68.6 Å². The SMILES string of the molecule is CCn1c(C)c(C(=O)C(C)N(C(=O)c2ccc(C)cc2)C2CC2)c(C)c1C(=O)OC. The summed E-state index contributed by atoms with van der Waals surface area (Å²) in [4.78, 5) is 40.9. The van der Waals surface area contributed by atoms with E-state index in [1.165, 1.54) is 7.11 Å². The maximum Gasteiger partial charge on any atom is 0.354 e. The summed E-state index contributed by atoms with van der Waals surface area (Å²) < 4.78 is 6.74. The Bertz CT molecular complexity index is 984. The summed E-state index contributed by atoms with van der Waals surface area (Å²) in [5.41, 5.74) is 3.91. The van der Waals surface area contributed by atoms with Gasteiger partial charge in [-0.15, -0.1) is 0 Å². The van der Waals surface area contributed by atoms with Crippen molar-refractivity contribution in [3.8, 4) is 0 Å². The van der Waals surface area contributed by atoms with Gasteiger partial charge in [-0.3, -0.25) is 9.59 Å². The average molecular weight is 411 g/mol. The van der Waals surface area contributed by atoms with E-state index in [0.717, 1.165) is 24.1 Å². The van der Waals surface area contributed by atoms with Gasteiger partial charge >= 0.3 is 5.97 Å². The highest BCUT2D eigenvalue weighted by Crippen LogP contribution is 2.33. The molecule has 1 aliphatic carbocycles. The van der Waals surface area contributed by atoms with Crippen LogP contribution in [0.2, 0.25) is 0 Å². The second kappa shape index (κ2) is 8.46. The van der Waals surface area contributed by atoms with Gasteiger partial charge < -0.3 is 14.2 Å². The van der Waals surface area contributed by atoms with Crippen LogP contribution in [0, 0.1) is 20.8 Å². The number of esters is 1. The summed E-state index contributed by atoms with van der Waals surface area (Å²) in [5, 5.41) is 0. The number of hydrogen-bond donors (Lipinski definition) is 0. The third kappa shape index (κ3) is 3.78. The molecule has 1 aliphatic rings. The minimum atomic E-state index is -0.623. The Labute approximate surface area is 177 Å². The van der Waals surface area contributed by atoms with Gasteiger partial charge in [-0.1, -0.05) is 17.7 Å². The van der Waals surface area contributed by atoms with Crippen molar-refractivity contribution in [2.75, 3.05) is 7.11 Å². The summed E-state index contributed by atoms with van der Waals surface area (Å²) in [7, 11) is 1.34. The fourth-order valence-electron chi connectivity index (χ4n) is 4.20. The number of ketones is 1. The molecule has 3 rings (SSSR count). The van der Waals surface area contributed by atoms with E-state index < -0.39 is 12.0 Å². The van der Waals surface area contributed by atoms with E-state index in [-0.39, 0.29) is 17.7 Å². The van der Waals surface area contributed by atoms with Crippen LogP contribution in [0.5, 0.6) is 0 Å². The number of carbonyl (C=O) groups is 3. The second-order valence-electron chi connectivity index (χ2n) is 8.02. The summed E-state index contributed by atoms with van der Waals surface area (Å²) in [5.74, 6) is -0.731. The van der Waals surface area contributed by atoms with Crippen molar-refractivity contribution >= 4 is 17.7 Å². The van der Waals surface area contributed by atoms with Gasteiger partial charge in [-0.25, -0.2) is 4.79 Å². The van der Waals surface area contributed by atoms with Crippen LogP contribution in [0.1, 0.15) is 74.7 Å². The van der Waals surface area contributed by atoms with Crippen molar-refractivity contribution in [3.05, 3.63) is 57.9 Å². The number of Topliss-reactive ketones (excluding diaryl/α,β-unsaturated/α-hetero) is 1. The highest BCUT2D eigenvalue weighted by molar-refractivity contribution is 6.07. The van der Waals surface area contributed by atoms with E-state index in [2.05, 4.69) is 0 Å². The summed E-state index contributed by atoms with van der Waals surface area (Å²) in [6, 6.07) is 6.88. The maximum absolute atomic E-state index is 13.6. The van der Waals surface area contributed by atoms with Crippen LogP contribution in [0.3, 0.4) is 0 Å². The molecule has 1 aromatic heterocycles. The number of amides is 1. The standard InChI is InChI=1S/C24H30N2O4/c1-7-25-16(4)20(15(3)21(25)24(29)30-6)22(27)17(5)26(19-12-13-19)23(28)18-10-8-14(2)9-11-18/h8-11,17,19H,7,12-13H2,1-6H3. The zero-order chi connectivity index (χ0) is 22.2. The number of rotatable bonds is 7. The second-order valence-corrected chi connectivity index (χ2v) is 8.02. The monoisotopic (exact) mass is 410 g/mol. The third-order valence-electron chi connectivity index (χ3n) is 5.98. The Kier molecular flexibility index (Phi) is 6.15. The summed E-state index contributed by atoms with van der Waals surface area (Å²) >= 11 is 0. The van der Waals surface area contributed by atoms with Crippen LogP contribution < -0.4 is 0 Å². The summed E-state index contributed by atoms with van der Waals surface area (Å²) in [6.07, 6.45) is 1.80. The first-order chi connectivity index (χ1) is 14.2. The molecule has 1 aromatic carbocycles. The van der Waals surface area contributed by atoms with E-state index >= 15 is 0 Å². The number of ether oxygens (including phenoxy) is 1. The van der Waals surface area contributed by atoms with Crippen LogP contribution in [0.15, 0.2) is 24.3 Å². The molecule has 160 valence electrons. The summed E-state index contributed by atoms with van der Waals surface area (Å²) in [6.45, 7) is 9.84. The van der Waals surface area contributed by atoms with Gasteiger partial charge in [0.05, 0.1) is 13.2 Å². The van der Waals surface area contributed by atoms with E-state index in [1.807, 2.05) is 49.6 Å². The van der Waals surface area contributed by atoms with Crippen molar-refractivity contribution in [1.29, 1.82) is 0 Å². The van der Waals surface area contributed by atoms with Gasteiger partial charge in [0.15, 0.2) is 5.78 Å². The van der Waals surface area contributed by atoms with E-state index in [9.17, 15) is 14.4 Å². The highest BCUT2D eigenvalue weighted by Gasteiger charge is 2.40. The number of aromatic nitrogens is 1. The highest BCUT2D eigenvalue weighted by atomic mass is 16.5. The lowest BCUT2D eigenvalue weighted by Crippen LogP contribution is -2.45. The molecule has 0 bridgehead atoms. The van der Waals surface area contributed by atoms with Crippen LogP contribution in [0.25, 0.3) is 0 Å². The van der Waals surface area contributed by atoms with Crippen molar-refractivity contribution < 1.29 is 19.1 Å². The van der Waals surface area contributed by atoms with Crippen molar-refractivity contribution in [2.45, 2.75) is 66.1 Å². The number of benzene rings is 1. The van der Waals surface area contributed by atoms with E-state index in [0.29, 0.717) is 28.9 Å². The van der Waals surface area contributed by atoms with Crippen molar-refractivity contribution in [3.63, 3.8) is 0 Å². The van der Waals surface area contributed by atoms with Gasteiger partial charge in [0.25, 0.3) is 5.91 Å². The first-order valence-corrected chi connectivity index (χ1v) is 10.4. The Morgan fingerprint density at radius 3 is 2.23 bits per heavy atom. The van der Waals surface area contributed by atoms with Gasteiger partial charge in [-0.2, -0.15) is 0 Å². The fraction of sp³-hybridized carbons (Fsp3) is 0.458. The lowest BCUT2D eigenvalue weighted by molar-refractivity contribution is 0.0586. The molecule has 0 radical (unpaired) electrons. The Balaban J connectivity index is 1.99. The van der Waals surface area contributed by atoms with Crippen LogP contribution in [-0.4, -0.2) is 46.3 Å². The third-order valence-corrected chi connectivity index (χ3v) is 5.98. The minimum Gasteiger partial charge on any atom is -0.464 e. The Morgan fingerprint density at radius 1 is 1.13 bits per heavy atom. The molecular formula is C24H30N2O4. The zero-order valence-electron chi connectivity index (χ0n) is 18.6. The molecule has 0 saturated heterocycles. The smallest absolute Gasteiger partial charge is 0.354 e.